The third-order valence-corrected chi connectivity index (χ3v) is 7.50. The van der Waals surface area contributed by atoms with Crippen molar-refractivity contribution in [2.75, 3.05) is 0 Å². The van der Waals surface area contributed by atoms with E-state index in [0.717, 1.165) is 5.92 Å². The summed E-state index contributed by atoms with van der Waals surface area (Å²) in [5, 5.41) is 5.39. The predicted octanol–water partition coefficient (Wildman–Crippen LogP) is 6.94. The van der Waals surface area contributed by atoms with Gasteiger partial charge in [0.05, 0.1) is 11.1 Å². The van der Waals surface area contributed by atoms with Crippen LogP contribution in [0, 0.1) is 6.92 Å². The summed E-state index contributed by atoms with van der Waals surface area (Å²) >= 11 is 0. The molecule has 154 valence electrons. The molecule has 0 aliphatic heterocycles. The summed E-state index contributed by atoms with van der Waals surface area (Å²) in [6, 6.07) is 22.9. The molecule has 0 atom stereocenters. The summed E-state index contributed by atoms with van der Waals surface area (Å²) in [6.07, 6.45) is 7.65. The molecule has 2 heteroatoms. The molecule has 0 N–H and O–H groups in total. The minimum absolute atomic E-state index is 0.749. The van der Waals surface area contributed by atoms with Crippen LogP contribution in [0.2, 0.25) is 0 Å². The van der Waals surface area contributed by atoms with Gasteiger partial charge in [-0.05, 0) is 48.3 Å². The maximum Gasteiger partial charge on any atom is 0.237 e. The van der Waals surface area contributed by atoms with Gasteiger partial charge in [0, 0.05) is 29.3 Å². The molecular formula is C29H29N2+. The average molecular weight is 406 g/mol. The van der Waals surface area contributed by atoms with E-state index in [1.807, 2.05) is 0 Å². The lowest BCUT2D eigenvalue weighted by Gasteiger charge is -2.11. The fourth-order valence-corrected chi connectivity index (χ4v) is 5.88. The lowest BCUT2D eigenvalue weighted by atomic mass is 9.94. The van der Waals surface area contributed by atoms with Crippen LogP contribution in [0.15, 0.2) is 66.9 Å². The third-order valence-electron chi connectivity index (χ3n) is 7.50. The monoisotopic (exact) mass is 405 g/mol. The van der Waals surface area contributed by atoms with Crippen molar-refractivity contribution in [2.45, 2.75) is 38.5 Å². The van der Waals surface area contributed by atoms with E-state index in [1.165, 1.54) is 80.6 Å². The number of rotatable bonds is 2. The Labute approximate surface area is 183 Å². The largest absolute Gasteiger partial charge is 0.338 e. The zero-order valence-electron chi connectivity index (χ0n) is 18.7. The summed E-state index contributed by atoms with van der Waals surface area (Å²) in [4.78, 5) is 0. The van der Waals surface area contributed by atoms with Crippen LogP contribution < -0.4 is 4.57 Å². The molecular weight excluding hydrogens is 376 g/mol. The maximum absolute atomic E-state index is 2.45. The third kappa shape index (κ3) is 2.74. The molecule has 1 aliphatic rings. The van der Waals surface area contributed by atoms with Crippen LogP contribution in [-0.2, 0) is 14.1 Å². The van der Waals surface area contributed by atoms with Crippen LogP contribution in [0.4, 0.5) is 0 Å². The van der Waals surface area contributed by atoms with Gasteiger partial charge in [-0.2, -0.15) is 4.57 Å². The van der Waals surface area contributed by atoms with Crippen molar-refractivity contribution in [1.82, 2.24) is 4.57 Å². The normalized spacial score (nSPS) is 14.9. The molecule has 1 fully saturated rings. The van der Waals surface area contributed by atoms with E-state index in [9.17, 15) is 0 Å². The minimum atomic E-state index is 0.749. The SMILES string of the molecule is Cc1ccccc1-c1c2c(cc[n+]1C)c1ccc3cc(C4CCCC4)ccc3c1n2C. The van der Waals surface area contributed by atoms with Crippen LogP contribution >= 0.6 is 0 Å². The molecule has 5 aromatic rings. The van der Waals surface area contributed by atoms with Crippen LogP contribution in [0.25, 0.3) is 43.8 Å². The van der Waals surface area contributed by atoms with Crippen molar-refractivity contribution in [3.8, 4) is 11.3 Å². The van der Waals surface area contributed by atoms with E-state index in [4.69, 9.17) is 0 Å². The molecule has 0 spiro atoms. The number of hydrogen-bond donors (Lipinski definition) is 0. The first kappa shape index (κ1) is 18.6. The van der Waals surface area contributed by atoms with Gasteiger partial charge in [-0.15, -0.1) is 0 Å². The Morgan fingerprint density at radius 3 is 2.39 bits per heavy atom. The molecule has 3 aromatic carbocycles. The van der Waals surface area contributed by atoms with Crippen molar-refractivity contribution >= 4 is 32.6 Å². The van der Waals surface area contributed by atoms with Crippen molar-refractivity contribution in [1.29, 1.82) is 0 Å². The van der Waals surface area contributed by atoms with Gasteiger partial charge in [0.25, 0.3) is 0 Å². The van der Waals surface area contributed by atoms with Crippen molar-refractivity contribution in [2.24, 2.45) is 14.1 Å². The Morgan fingerprint density at radius 2 is 1.58 bits per heavy atom. The van der Waals surface area contributed by atoms with Crippen molar-refractivity contribution in [3.63, 3.8) is 0 Å². The fourth-order valence-electron chi connectivity index (χ4n) is 5.88. The van der Waals surface area contributed by atoms with Gasteiger partial charge in [-0.1, -0.05) is 61.4 Å². The highest BCUT2D eigenvalue weighted by molar-refractivity contribution is 6.19. The van der Waals surface area contributed by atoms with Crippen molar-refractivity contribution < 1.29 is 4.57 Å². The smallest absolute Gasteiger partial charge is 0.237 e. The number of aryl methyl sites for hydroxylation is 3. The van der Waals surface area contributed by atoms with Gasteiger partial charge in [0.15, 0.2) is 6.20 Å². The van der Waals surface area contributed by atoms with E-state index in [0.29, 0.717) is 0 Å². The van der Waals surface area contributed by atoms with Crippen molar-refractivity contribution in [3.05, 3.63) is 78.0 Å². The molecule has 2 aromatic heterocycles. The number of fused-ring (bicyclic) bond motifs is 5. The molecule has 0 saturated heterocycles. The van der Waals surface area contributed by atoms with Gasteiger partial charge >= 0.3 is 0 Å². The number of pyridine rings is 1. The lowest BCUT2D eigenvalue weighted by Crippen LogP contribution is -2.31. The molecule has 0 amide bonds. The number of aromatic nitrogens is 2. The zero-order chi connectivity index (χ0) is 21.1. The fraction of sp³-hybridized carbons (Fsp3) is 0.276. The molecule has 2 heterocycles. The van der Waals surface area contributed by atoms with Gasteiger partial charge < -0.3 is 4.57 Å². The maximum atomic E-state index is 2.45. The molecule has 0 radical (unpaired) electrons. The lowest BCUT2D eigenvalue weighted by molar-refractivity contribution is -0.659. The highest BCUT2D eigenvalue weighted by atomic mass is 15.0. The van der Waals surface area contributed by atoms with E-state index < -0.39 is 0 Å². The van der Waals surface area contributed by atoms with E-state index >= 15 is 0 Å². The van der Waals surface area contributed by atoms with Crippen LogP contribution in [-0.4, -0.2) is 4.57 Å². The topological polar surface area (TPSA) is 8.81 Å². The van der Waals surface area contributed by atoms with Crippen LogP contribution in [0.5, 0.6) is 0 Å². The van der Waals surface area contributed by atoms with E-state index in [2.05, 4.69) is 97.0 Å². The first-order valence-electron chi connectivity index (χ1n) is 11.5. The standard InChI is InChI=1S/C29H29N2/c1-19-8-4-7-11-23(19)28-29-26(16-17-30(28)2)25-15-13-22-18-21(20-9-5-6-10-20)12-14-24(22)27(25)31(29)3/h4,7-8,11-18,20H,5-6,9-10H2,1-3H3/q+1. The quantitative estimate of drug-likeness (QED) is 0.281. The van der Waals surface area contributed by atoms with Gasteiger partial charge in [-0.25, -0.2) is 0 Å². The number of hydrogen-bond acceptors (Lipinski definition) is 0. The minimum Gasteiger partial charge on any atom is -0.338 e. The molecule has 1 aliphatic carbocycles. The first-order chi connectivity index (χ1) is 15.1. The number of benzene rings is 3. The molecule has 1 saturated carbocycles. The van der Waals surface area contributed by atoms with Crippen LogP contribution in [0.3, 0.4) is 0 Å². The first-order valence-corrected chi connectivity index (χ1v) is 11.5. The number of nitrogens with zero attached hydrogens (tertiary/aromatic N) is 2. The van der Waals surface area contributed by atoms with E-state index in [1.54, 1.807) is 0 Å². The predicted molar refractivity (Wildman–Crippen MR) is 130 cm³/mol. The highest BCUT2D eigenvalue weighted by Crippen LogP contribution is 2.39. The summed E-state index contributed by atoms with van der Waals surface area (Å²) in [5.41, 5.74) is 8.06. The Bertz CT molecular complexity index is 1470. The van der Waals surface area contributed by atoms with E-state index in [-0.39, 0.29) is 0 Å². The zero-order valence-corrected chi connectivity index (χ0v) is 18.7. The van der Waals surface area contributed by atoms with Gasteiger partial charge in [-0.3, -0.25) is 0 Å². The Balaban J connectivity index is 1.68. The highest BCUT2D eigenvalue weighted by Gasteiger charge is 2.23. The average Bonchev–Trinajstić information content (AvgIpc) is 3.42. The summed E-state index contributed by atoms with van der Waals surface area (Å²) in [7, 11) is 4.39. The summed E-state index contributed by atoms with van der Waals surface area (Å²) in [6.45, 7) is 2.21. The molecule has 2 nitrogen and oxygen atoms in total. The molecule has 31 heavy (non-hydrogen) atoms. The molecule has 0 bridgehead atoms. The Kier molecular flexibility index (Phi) is 4.17. The second-order valence-electron chi connectivity index (χ2n) is 9.34. The summed E-state index contributed by atoms with van der Waals surface area (Å²) < 4.78 is 4.69. The molecule has 6 rings (SSSR count). The second kappa shape index (κ2) is 6.95. The second-order valence-corrected chi connectivity index (χ2v) is 9.34. The molecule has 0 unspecified atom stereocenters. The Morgan fingerprint density at radius 1 is 0.839 bits per heavy atom. The van der Waals surface area contributed by atoms with Gasteiger partial charge in [0.2, 0.25) is 5.69 Å². The Hall–Kier alpha value is -3.13. The van der Waals surface area contributed by atoms with Crippen LogP contribution in [0.1, 0.15) is 42.7 Å². The van der Waals surface area contributed by atoms with Gasteiger partial charge in [0.1, 0.15) is 12.6 Å². The summed E-state index contributed by atoms with van der Waals surface area (Å²) in [5.74, 6) is 0.749.